The molecule has 1 heterocycles. The van der Waals surface area contributed by atoms with Crippen molar-refractivity contribution in [2.45, 2.75) is 37.5 Å². The van der Waals surface area contributed by atoms with E-state index in [2.05, 4.69) is 0 Å². The first-order valence-corrected chi connectivity index (χ1v) is 11.2. The lowest BCUT2D eigenvalue weighted by Gasteiger charge is -2.21. The Hall–Kier alpha value is -2.22. The van der Waals surface area contributed by atoms with Crippen LogP contribution in [-0.2, 0) is 10.0 Å². The van der Waals surface area contributed by atoms with Crippen molar-refractivity contribution < 1.29 is 22.7 Å². The number of hydrogen-bond donors (Lipinski definition) is 0. The zero-order valence-corrected chi connectivity index (χ0v) is 17.6. The molecule has 1 fully saturated rings. The van der Waals surface area contributed by atoms with Crippen molar-refractivity contribution in [2.75, 3.05) is 13.1 Å². The van der Waals surface area contributed by atoms with E-state index in [4.69, 9.17) is 16.3 Å². The van der Waals surface area contributed by atoms with E-state index in [1.54, 1.807) is 12.1 Å². The lowest BCUT2D eigenvalue weighted by atomic mass is 10.1. The van der Waals surface area contributed by atoms with Crippen molar-refractivity contribution in [2.24, 2.45) is 0 Å². The van der Waals surface area contributed by atoms with E-state index >= 15 is 0 Å². The maximum atomic E-state index is 13.1. The van der Waals surface area contributed by atoms with Crippen molar-refractivity contribution in [3.05, 3.63) is 58.6 Å². The maximum Gasteiger partial charge on any atom is 0.343 e. The number of halogens is 1. The number of hydrogen-bond acceptors (Lipinski definition) is 5. The summed E-state index contributed by atoms with van der Waals surface area (Å²) in [6, 6.07) is 10.2. The first-order chi connectivity index (χ1) is 13.8. The molecular weight excluding hydrogens is 414 g/mol. The number of Topliss-reactive ketones (excluding diaryl/α,β-unsaturated/α-hetero) is 1. The summed E-state index contributed by atoms with van der Waals surface area (Å²) < 4.78 is 32.8. The number of sulfonamides is 1. The molecule has 0 unspecified atom stereocenters. The summed E-state index contributed by atoms with van der Waals surface area (Å²) >= 11 is 6.16. The van der Waals surface area contributed by atoms with Crippen molar-refractivity contribution in [3.8, 4) is 5.75 Å². The molecule has 2 aromatic carbocycles. The molecule has 0 N–H and O–H groups in total. The minimum Gasteiger partial charge on any atom is -0.423 e. The van der Waals surface area contributed by atoms with Gasteiger partial charge in [0.05, 0.1) is 10.6 Å². The van der Waals surface area contributed by atoms with Gasteiger partial charge in [-0.05, 0) is 62.2 Å². The molecule has 29 heavy (non-hydrogen) atoms. The SMILES string of the molecule is CC(=O)c1ccc(OC(=O)c2ccc(Cl)c(S(=O)(=O)N3CCCCCC3)c2)cc1. The molecule has 0 aromatic heterocycles. The third-order valence-electron chi connectivity index (χ3n) is 4.82. The van der Waals surface area contributed by atoms with Crippen LogP contribution < -0.4 is 4.74 Å². The molecule has 8 heteroatoms. The Labute approximate surface area is 175 Å². The molecule has 154 valence electrons. The first-order valence-electron chi connectivity index (χ1n) is 9.42. The van der Waals surface area contributed by atoms with Gasteiger partial charge in [-0.1, -0.05) is 24.4 Å². The Kier molecular flexibility index (Phi) is 6.72. The van der Waals surface area contributed by atoms with Crippen LogP contribution in [0.2, 0.25) is 5.02 Å². The molecule has 0 radical (unpaired) electrons. The molecule has 0 aliphatic carbocycles. The molecule has 1 aliphatic heterocycles. The summed E-state index contributed by atoms with van der Waals surface area (Å²) in [5.74, 6) is -0.541. The quantitative estimate of drug-likeness (QED) is 0.396. The van der Waals surface area contributed by atoms with E-state index in [0.29, 0.717) is 18.7 Å². The normalized spacial score (nSPS) is 15.5. The summed E-state index contributed by atoms with van der Waals surface area (Å²) in [6.45, 7) is 2.33. The van der Waals surface area contributed by atoms with Gasteiger partial charge in [0.25, 0.3) is 0 Å². The second-order valence-corrected chi connectivity index (χ2v) is 9.25. The highest BCUT2D eigenvalue weighted by Gasteiger charge is 2.28. The summed E-state index contributed by atoms with van der Waals surface area (Å²) in [6.07, 6.45) is 3.59. The second-order valence-electron chi connectivity index (χ2n) is 6.93. The third kappa shape index (κ3) is 5.04. The lowest BCUT2D eigenvalue weighted by molar-refractivity contribution is 0.0734. The average Bonchev–Trinajstić information content (AvgIpc) is 2.98. The van der Waals surface area contributed by atoms with E-state index in [1.165, 1.54) is 41.6 Å². The van der Waals surface area contributed by atoms with Gasteiger partial charge in [-0.3, -0.25) is 4.79 Å². The van der Waals surface area contributed by atoms with Gasteiger partial charge in [-0.15, -0.1) is 0 Å². The Morgan fingerprint density at radius 3 is 2.10 bits per heavy atom. The largest absolute Gasteiger partial charge is 0.423 e. The molecule has 0 bridgehead atoms. The molecule has 0 atom stereocenters. The highest BCUT2D eigenvalue weighted by molar-refractivity contribution is 7.89. The van der Waals surface area contributed by atoms with E-state index in [1.807, 2.05) is 0 Å². The van der Waals surface area contributed by atoms with Crippen LogP contribution in [0.25, 0.3) is 0 Å². The van der Waals surface area contributed by atoms with Crippen LogP contribution in [0, 0.1) is 0 Å². The minimum absolute atomic E-state index is 0.0663. The van der Waals surface area contributed by atoms with Crippen LogP contribution in [0.15, 0.2) is 47.4 Å². The van der Waals surface area contributed by atoms with E-state index in [9.17, 15) is 18.0 Å². The number of carbonyl (C=O) groups excluding carboxylic acids is 2. The van der Waals surface area contributed by atoms with Gasteiger partial charge >= 0.3 is 5.97 Å². The Balaban J connectivity index is 1.84. The zero-order valence-electron chi connectivity index (χ0n) is 16.1. The molecular formula is C21H22ClNO5S. The number of nitrogens with zero attached hydrogens (tertiary/aromatic N) is 1. The molecule has 2 aromatic rings. The van der Waals surface area contributed by atoms with Crippen LogP contribution in [-0.4, -0.2) is 37.6 Å². The van der Waals surface area contributed by atoms with Crippen LogP contribution in [0.3, 0.4) is 0 Å². The van der Waals surface area contributed by atoms with Gasteiger partial charge in [-0.25, -0.2) is 13.2 Å². The van der Waals surface area contributed by atoms with E-state index in [0.717, 1.165) is 25.7 Å². The van der Waals surface area contributed by atoms with Crippen molar-refractivity contribution in [1.82, 2.24) is 4.31 Å². The highest BCUT2D eigenvalue weighted by Crippen LogP contribution is 2.28. The predicted octanol–water partition coefficient (Wildman–Crippen LogP) is 4.33. The predicted molar refractivity (Wildman–Crippen MR) is 110 cm³/mol. The van der Waals surface area contributed by atoms with Gasteiger partial charge in [0.15, 0.2) is 5.78 Å². The van der Waals surface area contributed by atoms with E-state index < -0.39 is 16.0 Å². The molecule has 3 rings (SSSR count). The van der Waals surface area contributed by atoms with Crippen LogP contribution in [0.1, 0.15) is 53.3 Å². The minimum atomic E-state index is -3.80. The number of ether oxygens (including phenoxy) is 1. The van der Waals surface area contributed by atoms with Gasteiger partial charge in [0.2, 0.25) is 10.0 Å². The summed E-state index contributed by atoms with van der Waals surface area (Å²) in [4.78, 5) is 23.8. The summed E-state index contributed by atoms with van der Waals surface area (Å²) in [5.41, 5.74) is 0.584. The van der Waals surface area contributed by atoms with Crippen LogP contribution in [0.4, 0.5) is 0 Å². The Morgan fingerprint density at radius 2 is 1.52 bits per heavy atom. The van der Waals surface area contributed by atoms with Gasteiger partial charge in [0, 0.05) is 18.7 Å². The van der Waals surface area contributed by atoms with Gasteiger partial charge in [-0.2, -0.15) is 4.31 Å². The monoisotopic (exact) mass is 435 g/mol. The molecule has 1 aliphatic rings. The van der Waals surface area contributed by atoms with Crippen LogP contribution in [0.5, 0.6) is 5.75 Å². The van der Waals surface area contributed by atoms with Crippen molar-refractivity contribution in [1.29, 1.82) is 0 Å². The van der Waals surface area contributed by atoms with Gasteiger partial charge in [0.1, 0.15) is 10.6 Å². The smallest absolute Gasteiger partial charge is 0.343 e. The molecule has 1 saturated heterocycles. The summed E-state index contributed by atoms with van der Waals surface area (Å²) in [5, 5.41) is 0.0663. The number of esters is 1. The Bertz CT molecular complexity index is 1010. The lowest BCUT2D eigenvalue weighted by Crippen LogP contribution is -2.32. The third-order valence-corrected chi connectivity index (χ3v) is 7.20. The van der Waals surface area contributed by atoms with Gasteiger partial charge < -0.3 is 4.74 Å². The van der Waals surface area contributed by atoms with E-state index in [-0.39, 0.29) is 27.0 Å². The number of benzene rings is 2. The summed E-state index contributed by atoms with van der Waals surface area (Å²) in [7, 11) is -3.80. The van der Waals surface area contributed by atoms with Crippen molar-refractivity contribution >= 4 is 33.4 Å². The standard InChI is InChI=1S/C21H22ClNO5S/c1-15(24)16-6-9-18(10-7-16)28-21(25)17-8-11-19(22)20(14-17)29(26,27)23-12-4-2-3-5-13-23/h6-11,14H,2-5,12-13H2,1H3. The first kappa shape index (κ1) is 21.5. The average molecular weight is 436 g/mol. The molecule has 6 nitrogen and oxygen atoms in total. The fourth-order valence-corrected chi connectivity index (χ4v) is 5.19. The second kappa shape index (κ2) is 9.07. The fraction of sp³-hybridized carbons (Fsp3) is 0.333. The fourth-order valence-electron chi connectivity index (χ4n) is 3.17. The number of ketones is 1. The highest BCUT2D eigenvalue weighted by atomic mass is 35.5. The molecule has 0 saturated carbocycles. The zero-order chi connectivity index (χ0) is 21.0. The molecule has 0 amide bonds. The number of rotatable bonds is 5. The topological polar surface area (TPSA) is 80.8 Å². The molecule has 0 spiro atoms. The van der Waals surface area contributed by atoms with Crippen molar-refractivity contribution in [3.63, 3.8) is 0 Å². The number of carbonyl (C=O) groups is 2. The maximum absolute atomic E-state index is 13.1. The Morgan fingerprint density at radius 1 is 0.931 bits per heavy atom. The van der Waals surface area contributed by atoms with Crippen LogP contribution >= 0.6 is 11.6 Å².